The summed E-state index contributed by atoms with van der Waals surface area (Å²) in [5.41, 5.74) is 2.76. The van der Waals surface area contributed by atoms with Gasteiger partial charge in [0, 0.05) is 5.02 Å². The Bertz CT molecular complexity index is 1500. The molecule has 0 spiro atoms. The van der Waals surface area contributed by atoms with E-state index in [0.29, 0.717) is 25.8 Å². The number of esters is 1. The van der Waals surface area contributed by atoms with Gasteiger partial charge in [0.1, 0.15) is 5.75 Å². The maximum absolute atomic E-state index is 12.8. The van der Waals surface area contributed by atoms with Crippen molar-refractivity contribution in [1.82, 2.24) is 9.38 Å². The van der Waals surface area contributed by atoms with Crippen molar-refractivity contribution in [3.63, 3.8) is 0 Å². The van der Waals surface area contributed by atoms with Crippen molar-refractivity contribution in [3.8, 4) is 5.75 Å². The van der Waals surface area contributed by atoms with E-state index in [4.69, 9.17) is 16.3 Å². The van der Waals surface area contributed by atoms with Crippen LogP contribution in [-0.4, -0.2) is 15.4 Å². The van der Waals surface area contributed by atoms with Crippen LogP contribution in [0.25, 0.3) is 22.1 Å². The first-order valence-electron chi connectivity index (χ1n) is 9.08. The molecule has 5 rings (SSSR count). The van der Waals surface area contributed by atoms with Gasteiger partial charge in [0.15, 0.2) is 4.96 Å². The van der Waals surface area contributed by atoms with Crippen molar-refractivity contribution < 1.29 is 9.53 Å². The second-order valence-corrected chi connectivity index (χ2v) is 8.05. The Kier molecular flexibility index (Phi) is 4.58. The molecule has 0 bridgehead atoms. The van der Waals surface area contributed by atoms with E-state index in [1.165, 1.54) is 11.3 Å². The second kappa shape index (κ2) is 7.40. The maximum atomic E-state index is 12.8. The van der Waals surface area contributed by atoms with E-state index in [0.717, 1.165) is 16.6 Å². The first-order valence-corrected chi connectivity index (χ1v) is 10.3. The summed E-state index contributed by atoms with van der Waals surface area (Å²) in [6.07, 6.45) is 1.81. The van der Waals surface area contributed by atoms with Crippen molar-refractivity contribution in [2.45, 2.75) is 0 Å². The molecule has 5 nitrogen and oxygen atoms in total. The van der Waals surface area contributed by atoms with Gasteiger partial charge in [-0.3, -0.25) is 4.79 Å². The average Bonchev–Trinajstić information content (AvgIpc) is 3.26. The Balaban J connectivity index is 1.42. The third-order valence-corrected chi connectivity index (χ3v) is 5.83. The predicted molar refractivity (Wildman–Crippen MR) is 118 cm³/mol. The average molecular weight is 433 g/mol. The molecule has 0 atom stereocenters. The van der Waals surface area contributed by atoms with Gasteiger partial charge in [-0.2, -0.15) is 0 Å². The van der Waals surface area contributed by atoms with Crippen LogP contribution in [0, 0.1) is 0 Å². The molecule has 0 aliphatic heterocycles. The Morgan fingerprint density at radius 2 is 1.73 bits per heavy atom. The molecule has 0 fully saturated rings. The number of hydrogen-bond acceptors (Lipinski definition) is 5. The molecule has 0 radical (unpaired) electrons. The predicted octanol–water partition coefficient (Wildman–Crippen LogP) is 4.33. The van der Waals surface area contributed by atoms with Gasteiger partial charge in [0.05, 0.1) is 21.1 Å². The Morgan fingerprint density at radius 3 is 2.50 bits per heavy atom. The van der Waals surface area contributed by atoms with Crippen LogP contribution in [0.1, 0.15) is 15.9 Å². The van der Waals surface area contributed by atoms with Crippen molar-refractivity contribution in [2.24, 2.45) is 0 Å². The summed E-state index contributed by atoms with van der Waals surface area (Å²) in [7, 11) is 0. The van der Waals surface area contributed by atoms with Gasteiger partial charge in [0.25, 0.3) is 5.56 Å². The zero-order valence-corrected chi connectivity index (χ0v) is 17.0. The fourth-order valence-corrected chi connectivity index (χ4v) is 4.26. The number of hydrogen-bond donors (Lipinski definition) is 0. The molecule has 2 heterocycles. The number of thiazole rings is 1. The van der Waals surface area contributed by atoms with Crippen LogP contribution in [0.3, 0.4) is 0 Å². The van der Waals surface area contributed by atoms with Gasteiger partial charge in [-0.15, -0.1) is 0 Å². The number of halogens is 1. The highest BCUT2D eigenvalue weighted by Gasteiger charge is 2.11. The van der Waals surface area contributed by atoms with Crippen LogP contribution in [0.2, 0.25) is 5.02 Å². The summed E-state index contributed by atoms with van der Waals surface area (Å²) >= 11 is 7.18. The number of benzene rings is 3. The lowest BCUT2D eigenvalue weighted by Crippen LogP contribution is -2.22. The number of rotatable bonds is 3. The topological polar surface area (TPSA) is 60.7 Å². The van der Waals surface area contributed by atoms with Crippen molar-refractivity contribution in [2.75, 3.05) is 0 Å². The quantitative estimate of drug-likeness (QED) is 0.314. The molecular weight excluding hydrogens is 420 g/mol. The van der Waals surface area contributed by atoms with Gasteiger partial charge in [-0.05, 0) is 60.2 Å². The van der Waals surface area contributed by atoms with Crippen molar-refractivity contribution >= 4 is 51.0 Å². The van der Waals surface area contributed by atoms with E-state index in [9.17, 15) is 9.59 Å². The number of carbonyl (C=O) groups is 1. The zero-order valence-electron chi connectivity index (χ0n) is 15.4. The molecule has 0 aliphatic carbocycles. The lowest BCUT2D eigenvalue weighted by molar-refractivity contribution is 0.0735. The molecule has 0 amide bonds. The molecule has 0 unspecified atom stereocenters. The summed E-state index contributed by atoms with van der Waals surface area (Å²) in [6.45, 7) is 0. The largest absolute Gasteiger partial charge is 0.423 e. The van der Waals surface area contributed by atoms with E-state index < -0.39 is 5.97 Å². The normalized spacial score (nSPS) is 12.0. The summed E-state index contributed by atoms with van der Waals surface area (Å²) in [6, 6.07) is 21.0. The highest BCUT2D eigenvalue weighted by Crippen LogP contribution is 2.18. The number of aromatic nitrogens is 2. The first kappa shape index (κ1) is 18.5. The van der Waals surface area contributed by atoms with Gasteiger partial charge < -0.3 is 4.74 Å². The van der Waals surface area contributed by atoms with Crippen molar-refractivity contribution in [1.29, 1.82) is 0 Å². The highest BCUT2D eigenvalue weighted by atomic mass is 35.5. The minimum Gasteiger partial charge on any atom is -0.423 e. The van der Waals surface area contributed by atoms with Crippen LogP contribution < -0.4 is 14.8 Å². The molecule has 7 heteroatoms. The van der Waals surface area contributed by atoms with Gasteiger partial charge in [0.2, 0.25) is 0 Å². The summed E-state index contributed by atoms with van der Waals surface area (Å²) in [5.74, 6) is -0.0435. The lowest BCUT2D eigenvalue weighted by atomic mass is 10.2. The minimum absolute atomic E-state index is 0.0954. The standard InChI is InChI=1S/C23H13ClN2O3S/c24-16-9-7-15(8-10-16)22(28)29-17-11-5-14(6-12-17)13-20-21(27)26-19-4-2-1-3-18(19)25-23(26)30-20/h1-13H/b20-13+. The number of para-hydroxylation sites is 2. The molecule has 30 heavy (non-hydrogen) atoms. The van der Waals surface area contributed by atoms with E-state index in [1.807, 2.05) is 24.3 Å². The Labute approximate surface area is 179 Å². The monoisotopic (exact) mass is 432 g/mol. The van der Waals surface area contributed by atoms with E-state index in [1.54, 1.807) is 59.0 Å². The van der Waals surface area contributed by atoms with Crippen LogP contribution in [0.4, 0.5) is 0 Å². The maximum Gasteiger partial charge on any atom is 0.343 e. The smallest absolute Gasteiger partial charge is 0.343 e. The van der Waals surface area contributed by atoms with Crippen LogP contribution >= 0.6 is 22.9 Å². The number of fused-ring (bicyclic) bond motifs is 3. The Morgan fingerprint density at radius 1 is 1.00 bits per heavy atom. The van der Waals surface area contributed by atoms with Crippen LogP contribution in [0.5, 0.6) is 5.75 Å². The number of imidazole rings is 1. The van der Waals surface area contributed by atoms with Crippen molar-refractivity contribution in [3.05, 3.63) is 104 Å². The molecule has 0 N–H and O–H groups in total. The van der Waals surface area contributed by atoms with E-state index in [-0.39, 0.29) is 5.56 Å². The first-order chi connectivity index (χ1) is 14.6. The highest BCUT2D eigenvalue weighted by molar-refractivity contribution is 7.15. The van der Waals surface area contributed by atoms with Gasteiger partial charge in [-0.1, -0.05) is 47.2 Å². The molecule has 0 saturated heterocycles. The fourth-order valence-electron chi connectivity index (χ4n) is 3.15. The number of nitrogens with zero attached hydrogens (tertiary/aromatic N) is 2. The fraction of sp³-hybridized carbons (Fsp3) is 0. The number of ether oxygens (including phenoxy) is 1. The van der Waals surface area contributed by atoms with E-state index in [2.05, 4.69) is 4.98 Å². The SMILES string of the molecule is O=C(Oc1ccc(/C=c2/sc3nc4ccccc4n3c2=O)cc1)c1ccc(Cl)cc1. The molecule has 146 valence electrons. The second-order valence-electron chi connectivity index (χ2n) is 6.60. The summed E-state index contributed by atoms with van der Waals surface area (Å²) < 4.78 is 7.61. The Hall–Kier alpha value is -3.48. The van der Waals surface area contributed by atoms with Gasteiger partial charge >= 0.3 is 5.97 Å². The number of carbonyl (C=O) groups excluding carboxylic acids is 1. The molecule has 3 aromatic carbocycles. The molecular formula is C23H13ClN2O3S. The summed E-state index contributed by atoms with van der Waals surface area (Å²) in [5, 5.41) is 0.554. The third kappa shape index (κ3) is 3.36. The molecule has 5 aromatic rings. The molecule has 2 aromatic heterocycles. The lowest BCUT2D eigenvalue weighted by Gasteiger charge is -2.04. The van der Waals surface area contributed by atoms with Gasteiger partial charge in [-0.25, -0.2) is 14.2 Å². The zero-order chi connectivity index (χ0) is 20.7. The summed E-state index contributed by atoms with van der Waals surface area (Å²) in [4.78, 5) is 30.2. The third-order valence-electron chi connectivity index (χ3n) is 4.61. The molecule has 0 saturated carbocycles. The van der Waals surface area contributed by atoms with E-state index >= 15 is 0 Å². The minimum atomic E-state index is -0.461. The van der Waals surface area contributed by atoms with Crippen LogP contribution in [-0.2, 0) is 0 Å². The van der Waals surface area contributed by atoms with Crippen LogP contribution in [0.15, 0.2) is 77.6 Å². The molecule has 0 aliphatic rings.